The molecule has 2 bridgehead atoms. The summed E-state index contributed by atoms with van der Waals surface area (Å²) < 4.78 is 0. The maximum Gasteiger partial charge on any atom is 0.308 e. The lowest BCUT2D eigenvalue weighted by atomic mass is 9.81. The van der Waals surface area contributed by atoms with Gasteiger partial charge in [-0.15, -0.1) is 0 Å². The van der Waals surface area contributed by atoms with Crippen LogP contribution in [0.5, 0.6) is 0 Å². The van der Waals surface area contributed by atoms with Crippen molar-refractivity contribution in [2.24, 2.45) is 29.1 Å². The molecule has 3 aliphatic carbocycles. The van der Waals surface area contributed by atoms with Crippen LogP contribution in [-0.2, 0) is 14.4 Å². The quantitative estimate of drug-likeness (QED) is 0.416. The molecule has 1 aromatic heterocycles. The third kappa shape index (κ3) is 6.10. The van der Waals surface area contributed by atoms with Crippen LogP contribution in [0.1, 0.15) is 82.6 Å². The monoisotopic (exact) mass is 513 g/mol. The first kappa shape index (κ1) is 27.0. The zero-order valence-electron chi connectivity index (χ0n) is 21.9. The van der Waals surface area contributed by atoms with E-state index in [0.29, 0.717) is 0 Å². The Bertz CT molecular complexity index is 1000. The fourth-order valence-corrected chi connectivity index (χ4v) is 6.51. The Morgan fingerprint density at radius 2 is 1.65 bits per heavy atom. The lowest BCUT2D eigenvalue weighted by Crippen LogP contribution is -2.61. The average molecular weight is 514 g/mol. The van der Waals surface area contributed by atoms with Gasteiger partial charge >= 0.3 is 5.97 Å². The molecule has 10 nitrogen and oxygen atoms in total. The molecule has 0 aliphatic heterocycles. The first-order chi connectivity index (χ1) is 17.6. The van der Waals surface area contributed by atoms with Crippen molar-refractivity contribution in [2.75, 3.05) is 0 Å². The topological polar surface area (TPSA) is 150 Å². The van der Waals surface area contributed by atoms with Crippen LogP contribution in [-0.4, -0.2) is 56.9 Å². The number of nitrogens with zero attached hydrogens (tertiary/aromatic N) is 2. The predicted molar refractivity (Wildman–Crippen MR) is 135 cm³/mol. The van der Waals surface area contributed by atoms with Gasteiger partial charge in [0.2, 0.25) is 11.8 Å². The summed E-state index contributed by atoms with van der Waals surface area (Å²) in [6.45, 7) is 5.59. The second kappa shape index (κ2) is 11.1. The van der Waals surface area contributed by atoms with Crippen LogP contribution in [0.2, 0.25) is 0 Å². The van der Waals surface area contributed by atoms with Crippen molar-refractivity contribution in [3.05, 3.63) is 24.3 Å². The standard InChI is InChI=1S/C27H39N5O5/c1-27(2,3)22(25(35)30-20-17-10-9-16(13-17)19(20)26(36)37)32-24(34)21(15-7-5-4-6-8-15)31-23(33)18-14-28-11-12-29-18/h11-12,14-17,19-22H,4-10,13H2,1-3H3,(H,30,35)(H,31,33)(H,32,34)(H,36,37)/t16-,17+,19+,20-,21?,22?/m0/s1. The first-order valence-corrected chi connectivity index (χ1v) is 13.5. The van der Waals surface area contributed by atoms with Crippen LogP contribution < -0.4 is 16.0 Å². The minimum atomic E-state index is -0.895. The van der Waals surface area contributed by atoms with E-state index in [4.69, 9.17) is 0 Å². The summed E-state index contributed by atoms with van der Waals surface area (Å²) in [6, 6.07) is -2.15. The summed E-state index contributed by atoms with van der Waals surface area (Å²) in [5, 5.41) is 18.6. The highest BCUT2D eigenvalue weighted by molar-refractivity contribution is 5.97. The average Bonchev–Trinajstić information content (AvgIpc) is 3.47. The Balaban J connectivity index is 1.50. The summed E-state index contributed by atoms with van der Waals surface area (Å²) in [7, 11) is 0. The maximum atomic E-state index is 13.7. The Morgan fingerprint density at radius 3 is 2.27 bits per heavy atom. The van der Waals surface area contributed by atoms with E-state index in [2.05, 4.69) is 25.9 Å². The van der Waals surface area contributed by atoms with Crippen molar-refractivity contribution in [1.29, 1.82) is 0 Å². The molecule has 3 amide bonds. The molecule has 10 heteroatoms. The van der Waals surface area contributed by atoms with Crippen molar-refractivity contribution in [1.82, 2.24) is 25.9 Å². The van der Waals surface area contributed by atoms with E-state index in [1.807, 2.05) is 20.8 Å². The van der Waals surface area contributed by atoms with Crippen LogP contribution in [0.15, 0.2) is 18.6 Å². The molecule has 0 aromatic carbocycles. The van der Waals surface area contributed by atoms with Crippen molar-refractivity contribution in [2.45, 2.75) is 90.3 Å². The molecule has 2 unspecified atom stereocenters. The summed E-state index contributed by atoms with van der Waals surface area (Å²) in [5.74, 6) is -2.58. The molecule has 1 aromatic rings. The molecule has 3 aliphatic rings. The second-order valence-corrected chi connectivity index (χ2v) is 12.0. The maximum absolute atomic E-state index is 13.7. The summed E-state index contributed by atoms with van der Waals surface area (Å²) >= 11 is 0. The molecular formula is C27H39N5O5. The van der Waals surface area contributed by atoms with Gasteiger partial charge in [0.05, 0.1) is 12.1 Å². The summed E-state index contributed by atoms with van der Waals surface area (Å²) in [6.07, 6.45) is 11.5. The lowest BCUT2D eigenvalue weighted by molar-refractivity contribution is -0.145. The lowest BCUT2D eigenvalue weighted by Gasteiger charge is -2.36. The second-order valence-electron chi connectivity index (χ2n) is 12.0. The molecule has 0 spiro atoms. The minimum absolute atomic E-state index is 0.0555. The van der Waals surface area contributed by atoms with E-state index in [1.165, 1.54) is 18.6 Å². The number of carbonyl (C=O) groups excluding carboxylic acids is 3. The SMILES string of the molecule is CC(C)(C)C(NC(=O)C(NC(=O)c1cnccn1)C1CCCCC1)C(=O)N[C@H]1[C@@H]2CC[C@@H](C2)[C@H]1C(=O)O. The molecular weight excluding hydrogens is 474 g/mol. The van der Waals surface area contributed by atoms with Gasteiger partial charge < -0.3 is 21.1 Å². The molecule has 4 rings (SSSR count). The molecule has 0 saturated heterocycles. The number of carboxylic acids is 1. The van der Waals surface area contributed by atoms with E-state index in [0.717, 1.165) is 51.4 Å². The largest absolute Gasteiger partial charge is 0.481 e. The van der Waals surface area contributed by atoms with Gasteiger partial charge in [-0.25, -0.2) is 4.98 Å². The van der Waals surface area contributed by atoms with E-state index >= 15 is 0 Å². The van der Waals surface area contributed by atoms with E-state index < -0.39 is 47.2 Å². The van der Waals surface area contributed by atoms with E-state index in [-0.39, 0.29) is 29.4 Å². The Labute approximate surface area is 217 Å². The highest BCUT2D eigenvalue weighted by Gasteiger charge is 2.52. The van der Waals surface area contributed by atoms with Gasteiger partial charge in [-0.1, -0.05) is 40.0 Å². The number of carbonyl (C=O) groups is 4. The van der Waals surface area contributed by atoms with Crippen LogP contribution in [0.3, 0.4) is 0 Å². The number of carboxylic acid groups (broad SMARTS) is 1. The number of hydrogen-bond acceptors (Lipinski definition) is 6. The fraction of sp³-hybridized carbons (Fsp3) is 0.704. The molecule has 1 heterocycles. The molecule has 3 saturated carbocycles. The number of aromatic nitrogens is 2. The molecule has 4 N–H and O–H groups in total. The Morgan fingerprint density at radius 1 is 0.946 bits per heavy atom. The third-order valence-corrected chi connectivity index (χ3v) is 8.41. The minimum Gasteiger partial charge on any atom is -0.481 e. The van der Waals surface area contributed by atoms with Gasteiger partial charge in [0.25, 0.3) is 5.91 Å². The van der Waals surface area contributed by atoms with Crippen LogP contribution in [0.4, 0.5) is 0 Å². The van der Waals surface area contributed by atoms with Crippen molar-refractivity contribution in [3.8, 4) is 0 Å². The van der Waals surface area contributed by atoms with Crippen LogP contribution in [0, 0.1) is 29.1 Å². The van der Waals surface area contributed by atoms with Gasteiger partial charge in [-0.3, -0.25) is 24.2 Å². The molecule has 0 radical (unpaired) electrons. The highest BCUT2D eigenvalue weighted by atomic mass is 16.4. The van der Waals surface area contributed by atoms with Crippen LogP contribution in [0.25, 0.3) is 0 Å². The van der Waals surface area contributed by atoms with Gasteiger partial charge in [0.1, 0.15) is 17.8 Å². The van der Waals surface area contributed by atoms with Gasteiger partial charge in [0.15, 0.2) is 0 Å². The van der Waals surface area contributed by atoms with Crippen molar-refractivity contribution in [3.63, 3.8) is 0 Å². The molecule has 3 fully saturated rings. The third-order valence-electron chi connectivity index (χ3n) is 8.41. The fourth-order valence-electron chi connectivity index (χ4n) is 6.51. The summed E-state index contributed by atoms with van der Waals surface area (Å²) in [4.78, 5) is 60.0. The number of aliphatic carboxylic acids is 1. The molecule has 202 valence electrons. The highest BCUT2D eigenvalue weighted by Crippen LogP contribution is 2.48. The number of hydrogen-bond donors (Lipinski definition) is 4. The number of amides is 3. The van der Waals surface area contributed by atoms with Gasteiger partial charge in [-0.2, -0.15) is 0 Å². The zero-order valence-corrected chi connectivity index (χ0v) is 21.9. The smallest absolute Gasteiger partial charge is 0.308 e. The van der Waals surface area contributed by atoms with E-state index in [1.54, 1.807) is 0 Å². The number of nitrogens with one attached hydrogen (secondary N) is 3. The summed E-state index contributed by atoms with van der Waals surface area (Å²) in [5.41, 5.74) is -0.514. The van der Waals surface area contributed by atoms with Gasteiger partial charge in [-0.05, 0) is 55.3 Å². The van der Waals surface area contributed by atoms with Crippen molar-refractivity contribution >= 4 is 23.7 Å². The zero-order chi connectivity index (χ0) is 26.7. The molecule has 37 heavy (non-hydrogen) atoms. The van der Waals surface area contributed by atoms with E-state index in [9.17, 15) is 24.3 Å². The Kier molecular flexibility index (Phi) is 8.14. The Hall–Kier alpha value is -3.04. The molecule has 6 atom stereocenters. The predicted octanol–water partition coefficient (Wildman–Crippen LogP) is 2.30. The number of rotatable bonds is 8. The number of fused-ring (bicyclic) bond motifs is 2. The first-order valence-electron chi connectivity index (χ1n) is 13.5. The normalized spacial score (nSPS) is 27.2. The van der Waals surface area contributed by atoms with Crippen molar-refractivity contribution < 1.29 is 24.3 Å². The van der Waals surface area contributed by atoms with Crippen LogP contribution >= 0.6 is 0 Å². The van der Waals surface area contributed by atoms with Gasteiger partial charge in [0, 0.05) is 18.4 Å².